The van der Waals surface area contributed by atoms with E-state index in [9.17, 15) is 9.18 Å². The highest BCUT2D eigenvalue weighted by atomic mass is 32.2. The second-order valence-corrected chi connectivity index (χ2v) is 12.5. The molecule has 0 saturated heterocycles. The van der Waals surface area contributed by atoms with Gasteiger partial charge in [0.05, 0.1) is 22.6 Å². The molecular weight excluding hydrogens is 575 g/mol. The summed E-state index contributed by atoms with van der Waals surface area (Å²) in [6, 6.07) is 11.7. The summed E-state index contributed by atoms with van der Waals surface area (Å²) in [5, 5.41) is 0.858. The van der Waals surface area contributed by atoms with Crippen molar-refractivity contribution in [1.29, 1.82) is 0 Å². The molecule has 2 aliphatic rings. The molecule has 3 aromatic carbocycles. The van der Waals surface area contributed by atoms with Crippen molar-refractivity contribution in [3.05, 3.63) is 89.1 Å². The highest BCUT2D eigenvalue weighted by Crippen LogP contribution is 2.49. The van der Waals surface area contributed by atoms with Crippen LogP contribution in [-0.2, 0) is 16.6 Å². The first-order valence-corrected chi connectivity index (χ1v) is 15.1. The first-order valence-electron chi connectivity index (χ1n) is 14.2. The van der Waals surface area contributed by atoms with Gasteiger partial charge in [-0.3, -0.25) is 0 Å². The summed E-state index contributed by atoms with van der Waals surface area (Å²) in [7, 11) is 0. The van der Waals surface area contributed by atoms with Crippen LogP contribution < -0.4 is 9.47 Å². The lowest BCUT2D eigenvalue weighted by Crippen LogP contribution is -2.32. The standard InChI is InChI=1S/C33H28F3N3O3S/c1-33(12-15-41-29-18(5-3-14-40)4-2-6-23(29)33)25-17-38-32(39-25)22-16-19(7-10-24(22)34)42-30-27(36)26(35)28-21(11-13-37-28)31(30)43-20-8-9-20/h2,4,6-7,10-11,13-14,16-17,20,37H,3,5,8-9,12,15H2,1H3,(H,38,39)/t33-/m0/s1. The molecule has 2 N–H and O–H groups in total. The lowest BCUT2D eigenvalue weighted by molar-refractivity contribution is -0.107. The Morgan fingerprint density at radius 1 is 1.16 bits per heavy atom. The SMILES string of the molecule is C[C@]1(c2cnc(-c3cc(Oc4c(F)c(F)c5[nH]ccc5c4SC4CC4)ccc3F)[nH]2)CCOc2c(CCC=O)cccc21. The molecule has 1 aliphatic heterocycles. The first kappa shape index (κ1) is 27.6. The number of hydrogen-bond acceptors (Lipinski definition) is 5. The van der Waals surface area contributed by atoms with Gasteiger partial charge in [0.15, 0.2) is 11.6 Å². The zero-order valence-electron chi connectivity index (χ0n) is 23.3. The van der Waals surface area contributed by atoms with Crippen molar-refractivity contribution >= 4 is 29.0 Å². The van der Waals surface area contributed by atoms with E-state index in [4.69, 9.17) is 9.47 Å². The van der Waals surface area contributed by atoms with E-state index in [0.29, 0.717) is 41.4 Å². The van der Waals surface area contributed by atoms with Crippen LogP contribution in [0.5, 0.6) is 17.2 Å². The number of para-hydroxylation sites is 1. The molecule has 0 bridgehead atoms. The molecule has 5 aromatic rings. The van der Waals surface area contributed by atoms with Gasteiger partial charge in [-0.25, -0.2) is 13.8 Å². The first-order chi connectivity index (χ1) is 20.9. The molecule has 220 valence electrons. The number of benzene rings is 3. The number of thioether (sulfide) groups is 1. The van der Waals surface area contributed by atoms with E-state index in [1.165, 1.54) is 30.0 Å². The molecule has 2 aromatic heterocycles. The minimum Gasteiger partial charge on any atom is -0.493 e. The smallest absolute Gasteiger partial charge is 0.204 e. The predicted octanol–water partition coefficient (Wildman–Crippen LogP) is 8.24. The highest BCUT2D eigenvalue weighted by molar-refractivity contribution is 8.00. The highest BCUT2D eigenvalue weighted by Gasteiger charge is 2.38. The van der Waals surface area contributed by atoms with Crippen LogP contribution in [0.25, 0.3) is 22.3 Å². The van der Waals surface area contributed by atoms with Crippen molar-refractivity contribution in [1.82, 2.24) is 15.0 Å². The Bertz CT molecular complexity index is 1870. The van der Waals surface area contributed by atoms with Gasteiger partial charge in [0, 0.05) is 46.1 Å². The predicted molar refractivity (Wildman–Crippen MR) is 159 cm³/mol. The molecule has 43 heavy (non-hydrogen) atoms. The number of carbonyl (C=O) groups excluding carboxylic acids is 1. The molecule has 1 aliphatic carbocycles. The van der Waals surface area contributed by atoms with Gasteiger partial charge < -0.3 is 24.2 Å². The van der Waals surface area contributed by atoms with Crippen molar-refractivity contribution in [2.45, 2.75) is 54.6 Å². The summed E-state index contributed by atoms with van der Waals surface area (Å²) in [6.45, 7) is 2.56. The molecule has 1 saturated carbocycles. The van der Waals surface area contributed by atoms with Crippen molar-refractivity contribution in [3.8, 4) is 28.6 Å². The summed E-state index contributed by atoms with van der Waals surface area (Å²) in [5.41, 5.74) is 2.44. The fourth-order valence-electron chi connectivity index (χ4n) is 5.71. The number of aromatic amines is 2. The van der Waals surface area contributed by atoms with E-state index >= 15 is 8.78 Å². The number of rotatable bonds is 9. The van der Waals surface area contributed by atoms with Gasteiger partial charge in [-0.15, -0.1) is 11.8 Å². The monoisotopic (exact) mass is 603 g/mol. The maximum absolute atomic E-state index is 15.3. The molecule has 0 amide bonds. The molecule has 0 spiro atoms. The van der Waals surface area contributed by atoms with Crippen LogP contribution in [0, 0.1) is 17.5 Å². The Kier molecular flexibility index (Phi) is 6.96. The zero-order valence-corrected chi connectivity index (χ0v) is 24.1. The van der Waals surface area contributed by atoms with Gasteiger partial charge in [-0.1, -0.05) is 18.2 Å². The summed E-state index contributed by atoms with van der Waals surface area (Å²) in [5.74, 6) is -1.66. The van der Waals surface area contributed by atoms with Crippen LogP contribution in [0.4, 0.5) is 13.2 Å². The van der Waals surface area contributed by atoms with Crippen LogP contribution in [0.15, 0.2) is 59.8 Å². The Labute approximate surface area is 250 Å². The van der Waals surface area contributed by atoms with E-state index < -0.39 is 22.9 Å². The third kappa shape index (κ3) is 4.87. The number of imidazole rings is 1. The number of nitrogens with zero attached hydrogens (tertiary/aromatic N) is 1. The van der Waals surface area contributed by atoms with Gasteiger partial charge in [-0.2, -0.15) is 4.39 Å². The maximum atomic E-state index is 15.3. The van der Waals surface area contributed by atoms with Crippen molar-refractivity contribution in [2.24, 2.45) is 0 Å². The van der Waals surface area contributed by atoms with Gasteiger partial charge in [0.2, 0.25) is 5.82 Å². The van der Waals surface area contributed by atoms with Crippen molar-refractivity contribution < 1.29 is 27.4 Å². The fourth-order valence-corrected chi connectivity index (χ4v) is 6.95. The third-order valence-corrected chi connectivity index (χ3v) is 9.72. The molecule has 1 fully saturated rings. The van der Waals surface area contributed by atoms with Gasteiger partial charge >= 0.3 is 0 Å². The lowest BCUT2D eigenvalue weighted by atomic mass is 9.74. The second kappa shape index (κ2) is 10.8. The number of hydrogen-bond donors (Lipinski definition) is 2. The maximum Gasteiger partial charge on any atom is 0.204 e. The van der Waals surface area contributed by atoms with E-state index in [0.717, 1.165) is 41.7 Å². The zero-order chi connectivity index (χ0) is 29.7. The summed E-state index contributed by atoms with van der Waals surface area (Å²) < 4.78 is 57.5. The summed E-state index contributed by atoms with van der Waals surface area (Å²) in [4.78, 5) is 22.1. The molecule has 10 heteroatoms. The molecule has 6 nitrogen and oxygen atoms in total. The topological polar surface area (TPSA) is 80.0 Å². The number of aromatic nitrogens is 3. The van der Waals surface area contributed by atoms with Crippen LogP contribution in [0.3, 0.4) is 0 Å². The van der Waals surface area contributed by atoms with Crippen LogP contribution in [-0.4, -0.2) is 33.1 Å². The van der Waals surface area contributed by atoms with E-state index in [2.05, 4.69) is 21.9 Å². The van der Waals surface area contributed by atoms with Crippen molar-refractivity contribution in [3.63, 3.8) is 0 Å². The van der Waals surface area contributed by atoms with Crippen LogP contribution in [0.2, 0.25) is 0 Å². The molecule has 3 heterocycles. The quantitative estimate of drug-likeness (QED) is 0.166. The second-order valence-electron chi connectivity index (χ2n) is 11.2. The number of ether oxygens (including phenoxy) is 2. The van der Waals surface area contributed by atoms with E-state index in [1.807, 2.05) is 18.2 Å². The van der Waals surface area contributed by atoms with Gasteiger partial charge in [0.1, 0.15) is 29.4 Å². The molecule has 1 atom stereocenters. The molecule has 7 rings (SSSR count). The Morgan fingerprint density at radius 3 is 2.84 bits per heavy atom. The average molecular weight is 604 g/mol. The number of aldehydes is 1. The fraction of sp³-hybridized carbons (Fsp3) is 0.273. The van der Waals surface area contributed by atoms with E-state index in [1.54, 1.807) is 18.5 Å². The molecular formula is C33H28F3N3O3S. The Hall–Kier alpha value is -4.18. The van der Waals surface area contributed by atoms with Crippen LogP contribution >= 0.6 is 11.8 Å². The average Bonchev–Trinajstić information content (AvgIpc) is 3.46. The van der Waals surface area contributed by atoms with Gasteiger partial charge in [-0.05, 0) is 62.4 Å². The minimum atomic E-state index is -1.09. The Balaban J connectivity index is 1.24. The minimum absolute atomic E-state index is 0.0925. The van der Waals surface area contributed by atoms with Crippen molar-refractivity contribution in [2.75, 3.05) is 6.61 Å². The number of H-pyrrole nitrogens is 2. The molecule has 0 unspecified atom stereocenters. The summed E-state index contributed by atoms with van der Waals surface area (Å²) >= 11 is 1.46. The summed E-state index contributed by atoms with van der Waals surface area (Å²) in [6.07, 6.45) is 7.79. The largest absolute Gasteiger partial charge is 0.493 e. The Morgan fingerprint density at radius 2 is 2.02 bits per heavy atom. The lowest BCUT2D eigenvalue weighted by Gasteiger charge is -2.36. The van der Waals surface area contributed by atoms with Crippen LogP contribution in [0.1, 0.15) is 49.4 Å². The number of carbonyl (C=O) groups is 1. The number of aryl methyl sites for hydroxylation is 1. The number of nitrogens with one attached hydrogen (secondary N) is 2. The molecule has 0 radical (unpaired) electrons. The number of fused-ring (bicyclic) bond motifs is 2. The normalized spacial score (nSPS) is 18.0. The van der Waals surface area contributed by atoms with Gasteiger partial charge in [0.25, 0.3) is 0 Å². The third-order valence-electron chi connectivity index (χ3n) is 8.27. The number of halogens is 3. The van der Waals surface area contributed by atoms with E-state index in [-0.39, 0.29) is 28.4 Å².